The second-order valence-electron chi connectivity index (χ2n) is 6.41. The van der Waals surface area contributed by atoms with E-state index >= 15 is 0 Å². The minimum atomic E-state index is -0.560. The van der Waals surface area contributed by atoms with Crippen molar-refractivity contribution < 1.29 is 23.8 Å². The van der Waals surface area contributed by atoms with Crippen LogP contribution in [0.2, 0.25) is 0 Å². The fourth-order valence-electron chi connectivity index (χ4n) is 2.95. The van der Waals surface area contributed by atoms with E-state index < -0.39 is 6.09 Å². The van der Waals surface area contributed by atoms with Crippen molar-refractivity contribution in [1.82, 2.24) is 9.38 Å². The lowest BCUT2D eigenvalue weighted by molar-refractivity contribution is 0.107. The summed E-state index contributed by atoms with van der Waals surface area (Å²) in [7, 11) is 1.54. The third kappa shape index (κ3) is 4.55. The molecule has 29 heavy (non-hydrogen) atoms. The van der Waals surface area contributed by atoms with E-state index in [0.29, 0.717) is 35.1 Å². The zero-order valence-corrected chi connectivity index (χ0v) is 16.6. The number of pyridine rings is 1. The van der Waals surface area contributed by atoms with E-state index in [-0.39, 0.29) is 13.2 Å². The van der Waals surface area contributed by atoms with Crippen LogP contribution < -0.4 is 10.1 Å². The molecule has 3 rings (SSSR count). The molecule has 0 atom stereocenters. The van der Waals surface area contributed by atoms with Crippen LogP contribution in [0.25, 0.3) is 5.65 Å². The van der Waals surface area contributed by atoms with E-state index in [9.17, 15) is 9.59 Å². The number of carbonyl (C=O) groups excluding carboxylic acids is 2. The summed E-state index contributed by atoms with van der Waals surface area (Å²) in [4.78, 5) is 27.8. The van der Waals surface area contributed by atoms with Crippen LogP contribution in [-0.2, 0) is 16.1 Å². The number of carbonyl (C=O) groups is 2. The van der Waals surface area contributed by atoms with Gasteiger partial charge in [-0.15, -0.1) is 0 Å². The highest BCUT2D eigenvalue weighted by Crippen LogP contribution is 2.25. The van der Waals surface area contributed by atoms with Crippen molar-refractivity contribution in [1.29, 1.82) is 0 Å². The molecule has 0 unspecified atom stereocenters. The quantitative estimate of drug-likeness (QED) is 0.462. The molecule has 152 valence electrons. The molecule has 0 fully saturated rings. The number of fused-ring (bicyclic) bond motifs is 1. The molecule has 1 N–H and O–H groups in total. The van der Waals surface area contributed by atoms with Crippen molar-refractivity contribution >= 4 is 23.7 Å². The molecule has 1 amide bonds. The first-order valence-electron chi connectivity index (χ1n) is 9.12. The minimum absolute atomic E-state index is 0.167. The number of anilines is 1. The molecule has 1 aromatic carbocycles. The highest BCUT2D eigenvalue weighted by atomic mass is 16.6. The molecule has 0 aliphatic carbocycles. The van der Waals surface area contributed by atoms with E-state index in [0.717, 1.165) is 17.4 Å². The highest BCUT2D eigenvalue weighted by Gasteiger charge is 2.14. The summed E-state index contributed by atoms with van der Waals surface area (Å²) in [5.74, 6) is 0.542. The predicted molar refractivity (Wildman–Crippen MR) is 108 cm³/mol. The summed E-state index contributed by atoms with van der Waals surface area (Å²) >= 11 is 0. The van der Waals surface area contributed by atoms with Gasteiger partial charge in [0.15, 0.2) is 17.7 Å². The average Bonchev–Trinajstić information content (AvgIpc) is 3.03. The summed E-state index contributed by atoms with van der Waals surface area (Å²) in [5.41, 5.74) is 4.06. The Morgan fingerprint density at radius 1 is 1.21 bits per heavy atom. The van der Waals surface area contributed by atoms with Gasteiger partial charge >= 0.3 is 6.09 Å². The number of nitrogens with zero attached hydrogens (tertiary/aromatic N) is 2. The number of hydrogen-bond donors (Lipinski definition) is 1. The van der Waals surface area contributed by atoms with Crippen molar-refractivity contribution in [2.75, 3.05) is 25.6 Å². The Kier molecular flexibility index (Phi) is 6.46. The lowest BCUT2D eigenvalue weighted by atomic mass is 10.1. The lowest BCUT2D eigenvalue weighted by Crippen LogP contribution is -2.18. The van der Waals surface area contributed by atoms with E-state index in [1.54, 1.807) is 35.7 Å². The van der Waals surface area contributed by atoms with E-state index in [2.05, 4.69) is 10.3 Å². The maximum atomic E-state index is 12.0. The summed E-state index contributed by atoms with van der Waals surface area (Å²) in [6.07, 6.45) is 1.98. The standard InChI is InChI=1S/C21H23N3O5/c1-14-6-4-7-17(23-21(26)28-11-10-27-3)16(14)13-29-19-8-5-9-24-18(12-25)15(2)22-20(19)24/h4-9,12H,10-11,13H2,1-3H3,(H,23,26). The molecule has 0 radical (unpaired) electrons. The number of benzene rings is 1. The van der Waals surface area contributed by atoms with Gasteiger partial charge in [0.05, 0.1) is 18.0 Å². The molecule has 0 bridgehead atoms. The Balaban J connectivity index is 1.80. The van der Waals surface area contributed by atoms with Gasteiger partial charge in [0, 0.05) is 18.9 Å². The number of aldehydes is 1. The topological polar surface area (TPSA) is 91.2 Å². The molecule has 8 nitrogen and oxygen atoms in total. The normalized spacial score (nSPS) is 10.7. The lowest BCUT2D eigenvalue weighted by Gasteiger charge is -2.15. The molecule has 0 saturated carbocycles. The fourth-order valence-corrected chi connectivity index (χ4v) is 2.95. The van der Waals surface area contributed by atoms with Crippen LogP contribution in [0.3, 0.4) is 0 Å². The number of aromatic nitrogens is 2. The number of ether oxygens (including phenoxy) is 3. The van der Waals surface area contributed by atoms with Crippen LogP contribution in [0.4, 0.5) is 10.5 Å². The number of amides is 1. The number of nitrogens with one attached hydrogen (secondary N) is 1. The summed E-state index contributed by atoms with van der Waals surface area (Å²) < 4.78 is 17.6. The molecular weight excluding hydrogens is 374 g/mol. The third-order valence-electron chi connectivity index (χ3n) is 4.49. The molecular formula is C21H23N3O5. The molecule has 8 heteroatoms. The zero-order valence-electron chi connectivity index (χ0n) is 16.6. The first-order chi connectivity index (χ1) is 14.0. The van der Waals surface area contributed by atoms with Gasteiger partial charge in [-0.2, -0.15) is 0 Å². The second kappa shape index (κ2) is 9.20. The van der Waals surface area contributed by atoms with Crippen molar-refractivity contribution in [2.24, 2.45) is 0 Å². The van der Waals surface area contributed by atoms with Crippen molar-refractivity contribution in [3.63, 3.8) is 0 Å². The zero-order chi connectivity index (χ0) is 20.8. The third-order valence-corrected chi connectivity index (χ3v) is 4.49. The summed E-state index contributed by atoms with van der Waals surface area (Å²) in [6, 6.07) is 9.15. The second-order valence-corrected chi connectivity index (χ2v) is 6.41. The minimum Gasteiger partial charge on any atom is -0.485 e. The van der Waals surface area contributed by atoms with Crippen LogP contribution in [0, 0.1) is 13.8 Å². The van der Waals surface area contributed by atoms with Gasteiger partial charge in [0.1, 0.15) is 18.9 Å². The van der Waals surface area contributed by atoms with Gasteiger partial charge in [0.2, 0.25) is 0 Å². The van der Waals surface area contributed by atoms with E-state index in [4.69, 9.17) is 14.2 Å². The Morgan fingerprint density at radius 2 is 2.03 bits per heavy atom. The molecule has 2 heterocycles. The Labute approximate surface area is 168 Å². The Hall–Kier alpha value is -3.39. The molecule has 0 spiro atoms. The number of methoxy groups -OCH3 is 1. The molecule has 0 aliphatic rings. The average molecular weight is 397 g/mol. The number of rotatable bonds is 8. The Bertz CT molecular complexity index is 1030. The van der Waals surface area contributed by atoms with Gasteiger partial charge < -0.3 is 14.2 Å². The first-order valence-corrected chi connectivity index (χ1v) is 9.12. The first kappa shape index (κ1) is 20.3. The van der Waals surface area contributed by atoms with Crippen LogP contribution >= 0.6 is 0 Å². The van der Waals surface area contributed by atoms with Crippen molar-refractivity contribution in [2.45, 2.75) is 20.5 Å². The maximum absolute atomic E-state index is 12.0. The van der Waals surface area contributed by atoms with Crippen LogP contribution in [0.15, 0.2) is 36.5 Å². The van der Waals surface area contributed by atoms with Crippen molar-refractivity contribution in [3.05, 3.63) is 59.0 Å². The monoisotopic (exact) mass is 397 g/mol. The molecule has 0 saturated heterocycles. The van der Waals surface area contributed by atoms with Gasteiger partial charge in [-0.3, -0.25) is 14.5 Å². The summed E-state index contributed by atoms with van der Waals surface area (Å²) in [6.45, 7) is 4.42. The van der Waals surface area contributed by atoms with Gasteiger partial charge in [-0.05, 0) is 37.6 Å². The van der Waals surface area contributed by atoms with Crippen LogP contribution in [0.5, 0.6) is 5.75 Å². The van der Waals surface area contributed by atoms with Crippen LogP contribution in [0.1, 0.15) is 27.3 Å². The fraction of sp³-hybridized carbons (Fsp3) is 0.286. The van der Waals surface area contributed by atoms with Crippen LogP contribution in [-0.4, -0.2) is 42.1 Å². The van der Waals surface area contributed by atoms with Crippen molar-refractivity contribution in [3.8, 4) is 5.75 Å². The number of aryl methyl sites for hydroxylation is 2. The molecule has 0 aliphatic heterocycles. The summed E-state index contributed by atoms with van der Waals surface area (Å²) in [5, 5.41) is 2.74. The number of imidazole rings is 1. The SMILES string of the molecule is COCCOC(=O)Nc1cccc(C)c1COc1cccn2c(C=O)c(C)nc12. The smallest absolute Gasteiger partial charge is 0.411 e. The Morgan fingerprint density at radius 3 is 2.79 bits per heavy atom. The maximum Gasteiger partial charge on any atom is 0.411 e. The van der Waals surface area contributed by atoms with Gasteiger partial charge in [-0.25, -0.2) is 9.78 Å². The predicted octanol–water partition coefficient (Wildman–Crippen LogP) is 3.54. The molecule has 2 aromatic heterocycles. The van der Waals surface area contributed by atoms with E-state index in [1.807, 2.05) is 19.1 Å². The van der Waals surface area contributed by atoms with Gasteiger partial charge in [0.25, 0.3) is 0 Å². The highest BCUT2D eigenvalue weighted by molar-refractivity contribution is 5.86. The number of hydrogen-bond acceptors (Lipinski definition) is 6. The van der Waals surface area contributed by atoms with Gasteiger partial charge in [-0.1, -0.05) is 12.1 Å². The van der Waals surface area contributed by atoms with E-state index in [1.165, 1.54) is 7.11 Å². The molecule has 3 aromatic rings. The largest absolute Gasteiger partial charge is 0.485 e.